The van der Waals surface area contributed by atoms with E-state index in [1.165, 1.54) is 16.3 Å². The van der Waals surface area contributed by atoms with Crippen LogP contribution in [0.3, 0.4) is 0 Å². The molecule has 0 heterocycles. The van der Waals surface area contributed by atoms with Crippen molar-refractivity contribution in [3.05, 3.63) is 48.0 Å². The second kappa shape index (κ2) is 8.77. The molecule has 2 aromatic carbocycles. The average Bonchev–Trinajstić information content (AvgIpc) is 2.55. The number of aldehydes is 1. The molecule has 0 aliphatic carbocycles. The maximum absolute atomic E-state index is 11.2. The van der Waals surface area contributed by atoms with Crippen LogP contribution in [0.1, 0.15) is 51.5 Å². The number of benzene rings is 2. The fourth-order valence-corrected chi connectivity index (χ4v) is 4.28. The molecule has 2 unspecified atom stereocenters. The Bertz CT molecular complexity index is 688. The molecule has 2 rings (SSSR count). The van der Waals surface area contributed by atoms with Crippen molar-refractivity contribution in [2.75, 3.05) is 0 Å². The van der Waals surface area contributed by atoms with Crippen LogP contribution in [0.5, 0.6) is 0 Å². The topological polar surface area (TPSA) is 26.3 Å². The van der Waals surface area contributed by atoms with Gasteiger partial charge >= 0.3 is 0 Å². The second-order valence-corrected chi connectivity index (χ2v) is 10.2. The summed E-state index contributed by atoms with van der Waals surface area (Å²) in [7, 11) is -0.830. The zero-order valence-corrected chi connectivity index (χ0v) is 17.2. The fraction of sp³-hybridized carbons (Fsp3) is 0.500. The van der Waals surface area contributed by atoms with Crippen molar-refractivity contribution in [3.63, 3.8) is 0 Å². The summed E-state index contributed by atoms with van der Waals surface area (Å²) in [5.41, 5.74) is 1.58. The molecule has 3 heteroatoms. The molecule has 2 aromatic rings. The van der Waals surface area contributed by atoms with E-state index in [1.54, 1.807) is 0 Å². The van der Waals surface area contributed by atoms with Gasteiger partial charge in [-0.1, -0.05) is 63.2 Å². The molecule has 0 fully saturated rings. The summed E-state index contributed by atoms with van der Waals surface area (Å²) in [6, 6.07) is 15.3. The van der Waals surface area contributed by atoms with Crippen molar-refractivity contribution in [1.29, 1.82) is 0 Å². The van der Waals surface area contributed by atoms with E-state index in [9.17, 15) is 4.79 Å². The van der Waals surface area contributed by atoms with Gasteiger partial charge in [-0.15, -0.1) is 0 Å². The Morgan fingerprint density at radius 3 is 2.32 bits per heavy atom. The number of carbonyl (C=O) groups excluding carboxylic acids is 1. The van der Waals surface area contributed by atoms with Crippen molar-refractivity contribution >= 4 is 26.1 Å². The van der Waals surface area contributed by atoms with Gasteiger partial charge in [0.25, 0.3) is 0 Å². The van der Waals surface area contributed by atoms with Gasteiger partial charge in [0.05, 0.1) is 0 Å². The van der Waals surface area contributed by atoms with Gasteiger partial charge in [-0.3, -0.25) is 0 Å². The highest BCUT2D eigenvalue weighted by Crippen LogP contribution is 2.40. The molecule has 0 saturated carbocycles. The van der Waals surface area contributed by atoms with Crippen LogP contribution >= 0.6 is 0 Å². The monoisotopic (exact) mass is 355 g/mol. The largest absolute Gasteiger partial charge is 0.408 e. The first kappa shape index (κ1) is 19.9. The minimum absolute atomic E-state index is 0.185. The molecule has 0 N–H and O–H groups in total. The van der Waals surface area contributed by atoms with Crippen LogP contribution in [0.2, 0.25) is 13.1 Å². The molecule has 2 nitrogen and oxygen atoms in total. The summed E-state index contributed by atoms with van der Waals surface area (Å²) in [6.45, 7) is 11.1. The lowest BCUT2D eigenvalue weighted by Crippen LogP contribution is -2.23. The lowest BCUT2D eigenvalue weighted by molar-refractivity contribution is -0.114. The summed E-state index contributed by atoms with van der Waals surface area (Å²) in [4.78, 5) is 11.2. The molecule has 25 heavy (non-hydrogen) atoms. The van der Waals surface area contributed by atoms with E-state index in [0.29, 0.717) is 5.92 Å². The van der Waals surface area contributed by atoms with Gasteiger partial charge in [0.1, 0.15) is 12.4 Å². The average molecular weight is 356 g/mol. The Kier molecular flexibility index (Phi) is 6.97. The third-order valence-corrected chi connectivity index (χ3v) is 5.52. The molecule has 2 atom stereocenters. The minimum atomic E-state index is -0.830. The first-order chi connectivity index (χ1) is 11.8. The maximum atomic E-state index is 11.2. The minimum Gasteiger partial charge on any atom is -0.408 e. The van der Waals surface area contributed by atoms with Crippen LogP contribution in [0.4, 0.5) is 0 Å². The van der Waals surface area contributed by atoms with E-state index in [4.69, 9.17) is 4.43 Å². The van der Waals surface area contributed by atoms with E-state index < -0.39 is 9.04 Å². The van der Waals surface area contributed by atoms with E-state index in [0.717, 1.165) is 25.5 Å². The first-order valence-electron chi connectivity index (χ1n) is 9.22. The summed E-state index contributed by atoms with van der Waals surface area (Å²) < 4.78 is 5.76. The molecule has 0 bridgehead atoms. The van der Waals surface area contributed by atoms with Crippen molar-refractivity contribution in [2.24, 2.45) is 5.41 Å². The number of rotatable bonds is 8. The Labute approximate surface area is 154 Å². The fourth-order valence-electron chi connectivity index (χ4n) is 3.50. The van der Waals surface area contributed by atoms with Crippen LogP contribution in [-0.4, -0.2) is 21.4 Å². The van der Waals surface area contributed by atoms with Gasteiger partial charge in [0, 0.05) is 0 Å². The van der Waals surface area contributed by atoms with E-state index in [-0.39, 0.29) is 11.5 Å². The van der Waals surface area contributed by atoms with Crippen molar-refractivity contribution in [2.45, 2.75) is 65.1 Å². The summed E-state index contributed by atoms with van der Waals surface area (Å²) in [5.74, 6) is 0.470. The third-order valence-electron chi connectivity index (χ3n) is 4.74. The number of carbonyl (C=O) groups is 1. The lowest BCUT2D eigenvalue weighted by Gasteiger charge is -2.32. The predicted molar refractivity (Wildman–Crippen MR) is 108 cm³/mol. The van der Waals surface area contributed by atoms with E-state index in [1.807, 2.05) is 0 Å². The van der Waals surface area contributed by atoms with Crippen molar-refractivity contribution < 1.29 is 9.22 Å². The van der Waals surface area contributed by atoms with Gasteiger partial charge in [0.2, 0.25) is 9.04 Å². The SMILES string of the molecule is C[Si](C)OC(C=O)CCCC(c1ccc2ccccc2c1)C(C)(C)C. The van der Waals surface area contributed by atoms with Crippen LogP contribution < -0.4 is 0 Å². The van der Waals surface area contributed by atoms with E-state index >= 15 is 0 Å². The molecular formula is C22H31O2Si. The Morgan fingerprint density at radius 2 is 1.72 bits per heavy atom. The van der Waals surface area contributed by atoms with Gasteiger partial charge < -0.3 is 9.22 Å². The highest BCUT2D eigenvalue weighted by atomic mass is 28.3. The number of hydrogen-bond acceptors (Lipinski definition) is 2. The van der Waals surface area contributed by atoms with Gasteiger partial charge in [-0.05, 0) is 60.0 Å². The zero-order chi connectivity index (χ0) is 18.4. The number of hydrogen-bond donors (Lipinski definition) is 0. The maximum Gasteiger partial charge on any atom is 0.205 e. The molecule has 0 amide bonds. The van der Waals surface area contributed by atoms with Crippen molar-refractivity contribution in [1.82, 2.24) is 0 Å². The highest BCUT2D eigenvalue weighted by Gasteiger charge is 2.26. The highest BCUT2D eigenvalue weighted by molar-refractivity contribution is 6.48. The summed E-state index contributed by atoms with van der Waals surface area (Å²) in [5, 5.41) is 2.58. The summed E-state index contributed by atoms with van der Waals surface area (Å²) in [6.07, 6.45) is 3.64. The summed E-state index contributed by atoms with van der Waals surface area (Å²) >= 11 is 0. The third kappa shape index (κ3) is 5.79. The Hall–Kier alpha value is -1.45. The van der Waals surface area contributed by atoms with Crippen LogP contribution in [0.25, 0.3) is 10.8 Å². The molecule has 0 aliphatic rings. The van der Waals surface area contributed by atoms with E-state index in [2.05, 4.69) is 76.3 Å². The van der Waals surface area contributed by atoms with Crippen LogP contribution in [-0.2, 0) is 9.22 Å². The van der Waals surface area contributed by atoms with Crippen molar-refractivity contribution in [3.8, 4) is 0 Å². The normalized spacial score (nSPS) is 14.6. The van der Waals surface area contributed by atoms with Crippen LogP contribution in [0.15, 0.2) is 42.5 Å². The quantitative estimate of drug-likeness (QED) is 0.430. The lowest BCUT2D eigenvalue weighted by atomic mass is 9.73. The molecule has 0 spiro atoms. The molecule has 0 aromatic heterocycles. The standard InChI is InChI=1S/C22H31O2Si/c1-22(2,3)21(12-8-11-20(16-23)24-25(4)5)19-14-13-17-9-6-7-10-18(17)15-19/h6-7,9-10,13-16,20-21H,8,11-12H2,1-5H3. The molecular weight excluding hydrogens is 324 g/mol. The Balaban J connectivity index is 2.11. The zero-order valence-electron chi connectivity index (χ0n) is 16.2. The molecule has 0 aliphatic heterocycles. The van der Waals surface area contributed by atoms with Gasteiger partial charge in [-0.2, -0.15) is 0 Å². The molecule has 135 valence electrons. The smallest absolute Gasteiger partial charge is 0.205 e. The number of fused-ring (bicyclic) bond motifs is 1. The van der Waals surface area contributed by atoms with Gasteiger partial charge in [-0.25, -0.2) is 0 Å². The predicted octanol–water partition coefficient (Wildman–Crippen LogP) is 5.98. The Morgan fingerprint density at radius 1 is 1.04 bits per heavy atom. The first-order valence-corrected chi connectivity index (χ1v) is 11.6. The molecule has 1 radical (unpaired) electrons. The van der Waals surface area contributed by atoms with Gasteiger partial charge in [0.15, 0.2) is 0 Å². The van der Waals surface area contributed by atoms with Crippen LogP contribution in [0, 0.1) is 5.41 Å². The molecule has 0 saturated heterocycles. The second-order valence-electron chi connectivity index (χ2n) is 8.16.